The molecule has 0 radical (unpaired) electrons. The Balaban J connectivity index is 0.00000320. The smallest absolute Gasteiger partial charge is 0.345 e. The average Bonchev–Trinajstić information content (AvgIpc) is 3.07. The van der Waals surface area contributed by atoms with Gasteiger partial charge in [0.25, 0.3) is 0 Å². The topological polar surface area (TPSA) is 94.7 Å². The van der Waals surface area contributed by atoms with Crippen LogP contribution >= 0.6 is 24.0 Å². The number of aryl methyl sites for hydroxylation is 2. The Morgan fingerprint density at radius 2 is 2.03 bits per heavy atom. The van der Waals surface area contributed by atoms with Gasteiger partial charge in [-0.1, -0.05) is 0 Å². The second kappa shape index (κ2) is 11.8. The highest BCUT2D eigenvalue weighted by atomic mass is 127. The van der Waals surface area contributed by atoms with Gasteiger partial charge in [0.2, 0.25) is 0 Å². The van der Waals surface area contributed by atoms with Crippen molar-refractivity contribution in [1.29, 1.82) is 0 Å². The molecule has 0 bridgehead atoms. The van der Waals surface area contributed by atoms with Crippen LogP contribution in [0, 0.1) is 0 Å². The number of anilines is 1. The maximum absolute atomic E-state index is 12.4. The van der Waals surface area contributed by atoms with Gasteiger partial charge in [-0.3, -0.25) is 9.56 Å². The van der Waals surface area contributed by atoms with E-state index in [2.05, 4.69) is 20.7 Å². The Hall–Kier alpha value is -2.24. The van der Waals surface area contributed by atoms with Crippen molar-refractivity contribution >= 4 is 35.6 Å². The highest BCUT2D eigenvalue weighted by molar-refractivity contribution is 14.0. The van der Waals surface area contributed by atoms with Crippen LogP contribution in [0.1, 0.15) is 32.0 Å². The van der Waals surface area contributed by atoms with Crippen molar-refractivity contribution < 1.29 is 9.47 Å². The molecule has 0 amide bonds. The molecule has 1 aliphatic heterocycles. The van der Waals surface area contributed by atoms with E-state index in [4.69, 9.17) is 9.47 Å². The van der Waals surface area contributed by atoms with Gasteiger partial charge in [0.05, 0.1) is 14.2 Å². The van der Waals surface area contributed by atoms with Crippen LogP contribution in [0.15, 0.2) is 28.0 Å². The summed E-state index contributed by atoms with van der Waals surface area (Å²) in [6, 6.07) is 5.61. The van der Waals surface area contributed by atoms with Crippen molar-refractivity contribution in [1.82, 2.24) is 19.7 Å². The van der Waals surface area contributed by atoms with Gasteiger partial charge >= 0.3 is 5.69 Å². The number of benzene rings is 1. The average molecular weight is 530 g/mol. The number of nitrogens with one attached hydrogen (secondary N) is 2. The van der Waals surface area contributed by atoms with Gasteiger partial charge in [-0.25, -0.2) is 9.48 Å². The SMILES string of the molecule is CCNC(=NCCCn1nc2n(c1=O)CCCC2)Nc1ccc(OC)c(OC)c1.I. The molecule has 0 unspecified atom stereocenters. The van der Waals surface area contributed by atoms with E-state index in [1.165, 1.54) is 0 Å². The maximum atomic E-state index is 12.4. The summed E-state index contributed by atoms with van der Waals surface area (Å²) in [5.74, 6) is 2.91. The van der Waals surface area contributed by atoms with Gasteiger partial charge in [0.1, 0.15) is 5.82 Å². The third-order valence-corrected chi connectivity index (χ3v) is 4.82. The van der Waals surface area contributed by atoms with Gasteiger partial charge in [0, 0.05) is 44.4 Å². The fourth-order valence-electron chi connectivity index (χ4n) is 3.36. The molecular weight excluding hydrogens is 499 g/mol. The first kappa shape index (κ1) is 24.0. The summed E-state index contributed by atoms with van der Waals surface area (Å²) >= 11 is 0. The van der Waals surface area contributed by atoms with Crippen molar-refractivity contribution in [2.24, 2.45) is 4.99 Å². The third-order valence-electron chi connectivity index (χ3n) is 4.82. The number of guanidine groups is 1. The summed E-state index contributed by atoms with van der Waals surface area (Å²) in [7, 11) is 3.22. The minimum Gasteiger partial charge on any atom is -0.493 e. The largest absolute Gasteiger partial charge is 0.493 e. The van der Waals surface area contributed by atoms with E-state index in [0.717, 1.165) is 50.3 Å². The number of aromatic nitrogens is 3. The summed E-state index contributed by atoms with van der Waals surface area (Å²) in [6.45, 7) is 4.69. The fraction of sp³-hybridized carbons (Fsp3) is 0.550. The lowest BCUT2D eigenvalue weighted by Crippen LogP contribution is -2.31. The monoisotopic (exact) mass is 530 g/mol. The summed E-state index contributed by atoms with van der Waals surface area (Å²) in [5.41, 5.74) is 0.847. The van der Waals surface area contributed by atoms with Gasteiger partial charge in [-0.15, -0.1) is 24.0 Å². The number of nitrogens with zero attached hydrogens (tertiary/aromatic N) is 4. The molecule has 30 heavy (non-hydrogen) atoms. The molecule has 0 saturated carbocycles. The molecule has 0 saturated heterocycles. The highest BCUT2D eigenvalue weighted by Crippen LogP contribution is 2.29. The number of ether oxygens (including phenoxy) is 2. The lowest BCUT2D eigenvalue weighted by Gasteiger charge is -2.13. The molecule has 3 rings (SSSR count). The number of methoxy groups -OCH3 is 2. The van der Waals surface area contributed by atoms with Crippen LogP contribution in [-0.4, -0.2) is 47.6 Å². The normalized spacial score (nSPS) is 13.2. The van der Waals surface area contributed by atoms with E-state index in [1.54, 1.807) is 23.5 Å². The predicted molar refractivity (Wildman–Crippen MR) is 129 cm³/mol. The first-order valence-electron chi connectivity index (χ1n) is 10.1. The molecular formula is C20H31IN6O3. The lowest BCUT2D eigenvalue weighted by molar-refractivity contribution is 0.355. The number of fused-ring (bicyclic) bond motifs is 1. The number of halogens is 1. The van der Waals surface area contributed by atoms with Crippen LogP contribution in [0.3, 0.4) is 0 Å². The van der Waals surface area contributed by atoms with Crippen LogP contribution in [0.4, 0.5) is 5.69 Å². The van der Waals surface area contributed by atoms with E-state index in [-0.39, 0.29) is 29.7 Å². The second-order valence-electron chi connectivity index (χ2n) is 6.84. The van der Waals surface area contributed by atoms with Crippen LogP contribution in [-0.2, 0) is 19.5 Å². The van der Waals surface area contributed by atoms with Crippen LogP contribution in [0.25, 0.3) is 0 Å². The van der Waals surface area contributed by atoms with Gasteiger partial charge < -0.3 is 20.1 Å². The van der Waals surface area contributed by atoms with E-state index in [0.29, 0.717) is 30.5 Å². The lowest BCUT2D eigenvalue weighted by atomic mass is 10.2. The molecule has 2 aromatic rings. The van der Waals surface area contributed by atoms with E-state index in [9.17, 15) is 4.79 Å². The number of aliphatic imine (C=N–C) groups is 1. The molecule has 2 heterocycles. The maximum Gasteiger partial charge on any atom is 0.345 e. The Morgan fingerprint density at radius 3 is 2.73 bits per heavy atom. The van der Waals surface area contributed by atoms with Crippen LogP contribution in [0.5, 0.6) is 11.5 Å². The Labute approximate surface area is 193 Å². The molecule has 1 aliphatic rings. The fourth-order valence-corrected chi connectivity index (χ4v) is 3.36. The molecule has 0 aliphatic carbocycles. The molecule has 2 N–H and O–H groups in total. The van der Waals surface area contributed by atoms with Gasteiger partial charge in [-0.2, -0.15) is 5.10 Å². The van der Waals surface area contributed by atoms with Crippen molar-refractivity contribution in [3.63, 3.8) is 0 Å². The van der Waals surface area contributed by atoms with E-state index >= 15 is 0 Å². The van der Waals surface area contributed by atoms with E-state index < -0.39 is 0 Å². The standard InChI is InChI=1S/C20H30N6O3.HI/c1-4-21-19(23-15-9-10-16(28-2)17(14-15)29-3)22-11-7-13-26-20(27)25-12-6-5-8-18(25)24-26;/h9-10,14H,4-8,11-13H2,1-3H3,(H2,21,22,23);1H. The Kier molecular flexibility index (Phi) is 9.47. The third kappa shape index (κ3) is 5.89. The summed E-state index contributed by atoms with van der Waals surface area (Å²) < 4.78 is 14.0. The predicted octanol–water partition coefficient (Wildman–Crippen LogP) is 2.48. The molecule has 10 heteroatoms. The van der Waals surface area contributed by atoms with Crippen molar-refractivity contribution in [3.8, 4) is 11.5 Å². The highest BCUT2D eigenvalue weighted by Gasteiger charge is 2.16. The summed E-state index contributed by atoms with van der Waals surface area (Å²) in [6.07, 6.45) is 3.78. The van der Waals surface area contributed by atoms with Crippen molar-refractivity contribution in [3.05, 3.63) is 34.5 Å². The molecule has 0 fully saturated rings. The number of hydrogen-bond acceptors (Lipinski definition) is 5. The second-order valence-corrected chi connectivity index (χ2v) is 6.84. The van der Waals surface area contributed by atoms with Crippen molar-refractivity contribution in [2.45, 2.75) is 45.7 Å². The molecule has 0 atom stereocenters. The minimum atomic E-state index is -0.000890. The molecule has 9 nitrogen and oxygen atoms in total. The van der Waals surface area contributed by atoms with Crippen LogP contribution in [0.2, 0.25) is 0 Å². The number of hydrogen-bond donors (Lipinski definition) is 2. The molecule has 1 aromatic carbocycles. The van der Waals surface area contributed by atoms with Gasteiger partial charge in [-0.05, 0) is 38.3 Å². The first-order valence-corrected chi connectivity index (χ1v) is 10.1. The molecule has 166 valence electrons. The quantitative estimate of drug-likeness (QED) is 0.236. The van der Waals surface area contributed by atoms with Crippen molar-refractivity contribution in [2.75, 3.05) is 32.6 Å². The molecule has 1 aromatic heterocycles. The summed E-state index contributed by atoms with van der Waals surface area (Å²) in [5, 5.41) is 11.0. The molecule has 0 spiro atoms. The zero-order chi connectivity index (χ0) is 20.6. The van der Waals surface area contributed by atoms with E-state index in [1.807, 2.05) is 25.1 Å². The first-order chi connectivity index (χ1) is 14.2. The Morgan fingerprint density at radius 1 is 1.23 bits per heavy atom. The zero-order valence-electron chi connectivity index (χ0n) is 17.8. The Bertz CT molecular complexity index is 908. The number of rotatable bonds is 8. The van der Waals surface area contributed by atoms with Crippen LogP contribution < -0.4 is 25.8 Å². The van der Waals surface area contributed by atoms with Gasteiger partial charge in [0.15, 0.2) is 17.5 Å². The minimum absolute atomic E-state index is 0. The summed E-state index contributed by atoms with van der Waals surface area (Å²) in [4.78, 5) is 17.0. The zero-order valence-corrected chi connectivity index (χ0v) is 20.1.